The van der Waals surface area contributed by atoms with Crippen molar-refractivity contribution in [3.63, 3.8) is 0 Å². The highest BCUT2D eigenvalue weighted by atomic mass is 16.5. The highest BCUT2D eigenvalue weighted by Crippen LogP contribution is 2.32. The molecular weight excluding hydrogens is 360 g/mol. The van der Waals surface area contributed by atoms with Gasteiger partial charge in [-0.05, 0) is 5.92 Å². The molecule has 0 radical (unpaired) electrons. The van der Waals surface area contributed by atoms with Crippen molar-refractivity contribution >= 4 is 16.9 Å². The summed E-state index contributed by atoms with van der Waals surface area (Å²) in [5.41, 5.74) is 6.84. The number of hydrogen-bond acceptors (Lipinski definition) is 8. The molecule has 1 saturated heterocycles. The molecule has 0 saturated carbocycles. The Morgan fingerprint density at radius 1 is 1.29 bits per heavy atom. The molecule has 3 heterocycles. The van der Waals surface area contributed by atoms with Crippen molar-refractivity contribution in [2.45, 2.75) is 24.9 Å². The predicted octanol–water partition coefficient (Wildman–Crippen LogP) is -1.03. The van der Waals surface area contributed by atoms with Crippen molar-refractivity contribution in [3.8, 4) is 36.5 Å². The lowest BCUT2D eigenvalue weighted by molar-refractivity contribution is -0.0470. The lowest BCUT2D eigenvalue weighted by Gasteiger charge is -2.12. The summed E-state index contributed by atoms with van der Waals surface area (Å²) in [6, 6.07) is 0. The summed E-state index contributed by atoms with van der Waals surface area (Å²) >= 11 is 0. The number of fused-ring (bicyclic) bond motifs is 1. The number of nitrogens with zero attached hydrogens (tertiary/aromatic N) is 5. The molecule has 1 aliphatic heterocycles. The Labute approximate surface area is 162 Å². The number of aliphatic hydroxyl groups excluding tert-OH is 2. The number of nitrogen functional groups attached to an aromatic ring is 1. The van der Waals surface area contributed by atoms with Gasteiger partial charge < -0.3 is 20.7 Å². The molecule has 0 unspecified atom stereocenters. The van der Waals surface area contributed by atoms with Gasteiger partial charge in [-0.1, -0.05) is 17.8 Å². The fourth-order valence-corrected chi connectivity index (χ4v) is 2.97. The van der Waals surface area contributed by atoms with E-state index in [1.54, 1.807) is 0 Å². The molecule has 28 heavy (non-hydrogen) atoms. The zero-order valence-corrected chi connectivity index (χ0v) is 15.1. The zero-order valence-electron chi connectivity index (χ0n) is 15.1. The first-order chi connectivity index (χ1) is 13.6. The number of terminal acetylenes is 2. The standard InChI is InChI=1S/C19H20N6O3/c1-3-7-24(8-4-2)9-5-6-13-17-18(20)21-12-22-19(17)25(23-13)16-10-14(27)15(11-26)28-16/h1-2,12,14-16,26-27H,7-11H2,(H2,20,21,22)/t14-,15+,16+/m0/s1. The maximum Gasteiger partial charge on any atom is 0.167 e. The molecule has 3 rings (SSSR count). The van der Waals surface area contributed by atoms with E-state index in [2.05, 4.69) is 38.7 Å². The first kappa shape index (κ1) is 19.6. The lowest BCUT2D eigenvalue weighted by Crippen LogP contribution is -2.24. The van der Waals surface area contributed by atoms with Crippen LogP contribution in [-0.2, 0) is 4.74 Å². The van der Waals surface area contributed by atoms with E-state index < -0.39 is 18.4 Å². The second-order valence-electron chi connectivity index (χ2n) is 6.22. The average Bonchev–Trinajstić information content (AvgIpc) is 3.23. The maximum absolute atomic E-state index is 10.0. The minimum Gasteiger partial charge on any atom is -0.394 e. The molecule has 9 nitrogen and oxygen atoms in total. The molecule has 2 aromatic heterocycles. The van der Waals surface area contributed by atoms with Gasteiger partial charge in [0.15, 0.2) is 11.9 Å². The van der Waals surface area contributed by atoms with Crippen molar-refractivity contribution < 1.29 is 14.9 Å². The highest BCUT2D eigenvalue weighted by molar-refractivity contribution is 5.90. The quantitative estimate of drug-likeness (QED) is 0.563. The zero-order chi connectivity index (χ0) is 20.1. The van der Waals surface area contributed by atoms with Crippen LogP contribution in [0.2, 0.25) is 0 Å². The van der Waals surface area contributed by atoms with Gasteiger partial charge in [0.25, 0.3) is 0 Å². The third kappa shape index (κ3) is 3.91. The van der Waals surface area contributed by atoms with Crippen molar-refractivity contribution in [1.82, 2.24) is 24.6 Å². The van der Waals surface area contributed by atoms with E-state index in [9.17, 15) is 10.2 Å². The Morgan fingerprint density at radius 2 is 2.04 bits per heavy atom. The van der Waals surface area contributed by atoms with Crippen LogP contribution in [0.15, 0.2) is 6.33 Å². The summed E-state index contributed by atoms with van der Waals surface area (Å²) in [6.45, 7) is 0.841. The van der Waals surface area contributed by atoms with Crippen LogP contribution in [0.25, 0.3) is 11.0 Å². The predicted molar refractivity (Wildman–Crippen MR) is 102 cm³/mol. The van der Waals surface area contributed by atoms with Gasteiger partial charge in [-0.3, -0.25) is 4.90 Å². The van der Waals surface area contributed by atoms with Gasteiger partial charge in [0, 0.05) is 6.42 Å². The van der Waals surface area contributed by atoms with Crippen LogP contribution < -0.4 is 5.73 Å². The van der Waals surface area contributed by atoms with Crippen LogP contribution in [0.1, 0.15) is 18.3 Å². The number of aromatic nitrogens is 4. The Morgan fingerprint density at radius 3 is 2.68 bits per heavy atom. The number of aliphatic hydroxyl groups is 2. The number of ether oxygens (including phenoxy) is 1. The van der Waals surface area contributed by atoms with E-state index in [1.807, 2.05) is 4.90 Å². The van der Waals surface area contributed by atoms with Gasteiger partial charge in [0.2, 0.25) is 0 Å². The molecule has 0 amide bonds. The molecule has 144 valence electrons. The minimum absolute atomic E-state index is 0.238. The van der Waals surface area contributed by atoms with E-state index in [0.717, 1.165) is 0 Å². The summed E-state index contributed by atoms with van der Waals surface area (Å²) in [6.07, 6.45) is 10.2. The van der Waals surface area contributed by atoms with E-state index in [0.29, 0.717) is 36.4 Å². The third-order valence-electron chi connectivity index (χ3n) is 4.31. The van der Waals surface area contributed by atoms with Crippen LogP contribution in [0.3, 0.4) is 0 Å². The molecule has 0 aromatic carbocycles. The molecule has 1 fully saturated rings. The minimum atomic E-state index is -0.802. The fourth-order valence-electron chi connectivity index (χ4n) is 2.97. The molecule has 0 aliphatic carbocycles. The van der Waals surface area contributed by atoms with E-state index in [4.69, 9.17) is 23.3 Å². The molecule has 4 N–H and O–H groups in total. The number of rotatable bonds is 5. The third-order valence-corrected chi connectivity index (χ3v) is 4.31. The summed E-state index contributed by atoms with van der Waals surface area (Å²) in [5.74, 6) is 11.3. The van der Waals surface area contributed by atoms with Gasteiger partial charge in [-0.15, -0.1) is 12.8 Å². The second kappa shape index (κ2) is 8.71. The molecule has 1 aliphatic rings. The Hall–Kier alpha value is -3.13. The summed E-state index contributed by atoms with van der Waals surface area (Å²) in [4.78, 5) is 10.1. The second-order valence-corrected chi connectivity index (χ2v) is 6.22. The van der Waals surface area contributed by atoms with Crippen molar-refractivity contribution in [2.24, 2.45) is 0 Å². The normalized spacial score (nSPS) is 21.2. The maximum atomic E-state index is 10.0. The van der Waals surface area contributed by atoms with Gasteiger partial charge in [-0.25, -0.2) is 14.6 Å². The lowest BCUT2D eigenvalue weighted by atomic mass is 10.2. The van der Waals surface area contributed by atoms with Gasteiger partial charge in [0.05, 0.1) is 37.7 Å². The largest absolute Gasteiger partial charge is 0.394 e. The van der Waals surface area contributed by atoms with E-state index >= 15 is 0 Å². The summed E-state index contributed by atoms with van der Waals surface area (Å²) < 4.78 is 7.19. The van der Waals surface area contributed by atoms with Crippen LogP contribution in [-0.4, -0.2) is 73.3 Å². The number of nitrogens with two attached hydrogens (primary N) is 1. The molecular formula is C19H20N6O3. The SMILES string of the molecule is C#CCN(CC#C)CC#Cc1nn([C@H]2C[C@H](O)[C@@H](CO)O2)c2ncnc(N)c12. The van der Waals surface area contributed by atoms with E-state index in [1.165, 1.54) is 11.0 Å². The molecule has 9 heteroatoms. The smallest absolute Gasteiger partial charge is 0.167 e. The van der Waals surface area contributed by atoms with Gasteiger partial charge in [0.1, 0.15) is 23.9 Å². The Kier molecular flexibility index (Phi) is 6.10. The van der Waals surface area contributed by atoms with E-state index in [-0.39, 0.29) is 18.8 Å². The fraction of sp³-hybridized carbons (Fsp3) is 0.421. The van der Waals surface area contributed by atoms with Gasteiger partial charge in [-0.2, -0.15) is 5.10 Å². The number of anilines is 1. The summed E-state index contributed by atoms with van der Waals surface area (Å²) in [5, 5.41) is 24.3. The summed E-state index contributed by atoms with van der Waals surface area (Å²) in [7, 11) is 0. The van der Waals surface area contributed by atoms with Crippen LogP contribution in [0.4, 0.5) is 5.82 Å². The Bertz CT molecular complexity index is 977. The monoisotopic (exact) mass is 380 g/mol. The van der Waals surface area contributed by atoms with Crippen LogP contribution in [0, 0.1) is 36.5 Å². The van der Waals surface area contributed by atoms with Crippen LogP contribution >= 0.6 is 0 Å². The van der Waals surface area contributed by atoms with Crippen molar-refractivity contribution in [1.29, 1.82) is 0 Å². The van der Waals surface area contributed by atoms with Crippen LogP contribution in [0.5, 0.6) is 0 Å². The van der Waals surface area contributed by atoms with Gasteiger partial charge >= 0.3 is 0 Å². The van der Waals surface area contributed by atoms with Crippen molar-refractivity contribution in [3.05, 3.63) is 12.0 Å². The first-order valence-corrected chi connectivity index (χ1v) is 8.60. The molecule has 2 aromatic rings. The Balaban J connectivity index is 1.93. The average molecular weight is 380 g/mol. The topological polar surface area (TPSA) is 123 Å². The number of hydrogen-bond donors (Lipinski definition) is 3. The molecule has 3 atom stereocenters. The highest BCUT2D eigenvalue weighted by Gasteiger charge is 2.36. The first-order valence-electron chi connectivity index (χ1n) is 8.60. The molecule has 0 bridgehead atoms. The molecule has 0 spiro atoms. The van der Waals surface area contributed by atoms with Crippen molar-refractivity contribution in [2.75, 3.05) is 32.0 Å².